The first kappa shape index (κ1) is 21.4. The second-order valence-corrected chi connectivity index (χ2v) is 7.04. The van der Waals surface area contributed by atoms with Crippen molar-refractivity contribution in [2.45, 2.75) is 6.92 Å². The van der Waals surface area contributed by atoms with Crippen LogP contribution in [-0.2, 0) is 4.79 Å². The summed E-state index contributed by atoms with van der Waals surface area (Å²) in [6.07, 6.45) is 0. The molecule has 4 aromatic rings. The standard InChI is InChI=1S/C26H20N4O3/c1-18(31)30(19-8-4-2-5-9-19)25-16-24(28)23(17-27)26(29-25)33-22-14-12-21(13-15-22)32-20-10-6-3-7-11-20/h2-16H,1H3,(H2,28,29). The van der Waals surface area contributed by atoms with E-state index in [9.17, 15) is 10.1 Å². The van der Waals surface area contributed by atoms with Crippen molar-refractivity contribution < 1.29 is 14.3 Å². The van der Waals surface area contributed by atoms with Crippen LogP contribution < -0.4 is 20.1 Å². The molecule has 0 fully saturated rings. The van der Waals surface area contributed by atoms with Crippen molar-refractivity contribution in [2.24, 2.45) is 0 Å². The van der Waals surface area contributed by atoms with E-state index in [1.54, 1.807) is 36.4 Å². The number of nitrogens with zero attached hydrogens (tertiary/aromatic N) is 3. The summed E-state index contributed by atoms with van der Waals surface area (Å²) in [4.78, 5) is 18.2. The lowest BCUT2D eigenvalue weighted by Crippen LogP contribution is -2.24. The maximum atomic E-state index is 12.4. The summed E-state index contributed by atoms with van der Waals surface area (Å²) in [5.41, 5.74) is 6.97. The number of carbonyl (C=O) groups excluding carboxylic acids is 1. The zero-order chi connectivity index (χ0) is 23.2. The molecule has 2 N–H and O–H groups in total. The molecule has 0 aliphatic rings. The molecular formula is C26H20N4O3. The van der Waals surface area contributed by atoms with Gasteiger partial charge in [-0.05, 0) is 48.5 Å². The minimum atomic E-state index is -0.258. The molecule has 3 aromatic carbocycles. The molecule has 1 amide bonds. The molecule has 0 spiro atoms. The average molecular weight is 436 g/mol. The van der Waals surface area contributed by atoms with E-state index in [1.807, 2.05) is 54.6 Å². The molecule has 0 unspecified atom stereocenters. The SMILES string of the molecule is CC(=O)N(c1ccccc1)c1cc(N)c(C#N)c(Oc2ccc(Oc3ccccc3)cc2)n1. The summed E-state index contributed by atoms with van der Waals surface area (Å²) in [5, 5.41) is 9.59. The Morgan fingerprint density at radius 3 is 2.00 bits per heavy atom. The molecule has 33 heavy (non-hydrogen) atoms. The minimum absolute atomic E-state index is 0.00593. The van der Waals surface area contributed by atoms with Crippen molar-refractivity contribution in [3.63, 3.8) is 0 Å². The largest absolute Gasteiger partial charge is 0.457 e. The van der Waals surface area contributed by atoms with Crippen LogP contribution in [0.5, 0.6) is 23.1 Å². The van der Waals surface area contributed by atoms with Gasteiger partial charge in [0.15, 0.2) is 0 Å². The number of benzene rings is 3. The number of nitriles is 1. The van der Waals surface area contributed by atoms with Gasteiger partial charge in [0.1, 0.15) is 34.7 Å². The number of nitrogen functional groups attached to an aromatic ring is 1. The Hall–Kier alpha value is -4.83. The fourth-order valence-corrected chi connectivity index (χ4v) is 3.19. The highest BCUT2D eigenvalue weighted by Gasteiger charge is 2.20. The highest BCUT2D eigenvalue weighted by atomic mass is 16.5. The highest BCUT2D eigenvalue weighted by Crippen LogP contribution is 2.34. The Morgan fingerprint density at radius 1 is 0.879 bits per heavy atom. The zero-order valence-corrected chi connectivity index (χ0v) is 17.8. The van der Waals surface area contributed by atoms with Crippen LogP contribution in [0.15, 0.2) is 91.0 Å². The number of ether oxygens (including phenoxy) is 2. The summed E-state index contributed by atoms with van der Waals surface area (Å²) >= 11 is 0. The van der Waals surface area contributed by atoms with Crippen molar-refractivity contribution in [3.05, 3.63) is 96.6 Å². The summed E-state index contributed by atoms with van der Waals surface area (Å²) in [5.74, 6) is 1.78. The fraction of sp³-hybridized carbons (Fsp3) is 0.0385. The summed E-state index contributed by atoms with van der Waals surface area (Å²) in [7, 11) is 0. The van der Waals surface area contributed by atoms with Crippen LogP contribution in [-0.4, -0.2) is 10.9 Å². The van der Waals surface area contributed by atoms with Gasteiger partial charge in [-0.25, -0.2) is 0 Å². The van der Waals surface area contributed by atoms with Gasteiger partial charge >= 0.3 is 0 Å². The predicted octanol–water partition coefficient (Wildman–Crippen LogP) is 5.80. The van der Waals surface area contributed by atoms with Crippen LogP contribution in [0.25, 0.3) is 0 Å². The molecule has 0 saturated heterocycles. The lowest BCUT2D eigenvalue weighted by Gasteiger charge is -2.21. The molecule has 0 radical (unpaired) electrons. The van der Waals surface area contributed by atoms with Crippen molar-refractivity contribution in [2.75, 3.05) is 10.6 Å². The van der Waals surface area contributed by atoms with Gasteiger partial charge in [0.25, 0.3) is 0 Å². The van der Waals surface area contributed by atoms with Gasteiger partial charge in [0, 0.05) is 13.0 Å². The number of anilines is 3. The maximum Gasteiger partial charge on any atom is 0.241 e. The molecule has 1 aromatic heterocycles. The van der Waals surface area contributed by atoms with Crippen LogP contribution in [0.4, 0.5) is 17.2 Å². The van der Waals surface area contributed by atoms with Crippen LogP contribution >= 0.6 is 0 Å². The molecule has 7 nitrogen and oxygen atoms in total. The number of hydrogen-bond donors (Lipinski definition) is 1. The van der Waals surface area contributed by atoms with Crippen LogP contribution in [0, 0.1) is 11.3 Å². The number of hydrogen-bond acceptors (Lipinski definition) is 6. The molecule has 0 bridgehead atoms. The van der Waals surface area contributed by atoms with Gasteiger partial charge in [0.05, 0.1) is 11.4 Å². The van der Waals surface area contributed by atoms with E-state index in [1.165, 1.54) is 17.9 Å². The Balaban J connectivity index is 1.64. The van der Waals surface area contributed by atoms with E-state index in [2.05, 4.69) is 4.98 Å². The van der Waals surface area contributed by atoms with Crippen molar-refractivity contribution in [1.82, 2.24) is 4.98 Å². The fourth-order valence-electron chi connectivity index (χ4n) is 3.19. The second kappa shape index (κ2) is 9.54. The van der Waals surface area contributed by atoms with E-state index < -0.39 is 0 Å². The van der Waals surface area contributed by atoms with Gasteiger partial charge in [-0.2, -0.15) is 10.2 Å². The smallest absolute Gasteiger partial charge is 0.241 e. The number of pyridine rings is 1. The van der Waals surface area contributed by atoms with Gasteiger partial charge in [-0.1, -0.05) is 36.4 Å². The number of para-hydroxylation sites is 2. The first-order valence-electron chi connectivity index (χ1n) is 10.1. The Kier molecular flexibility index (Phi) is 6.19. The van der Waals surface area contributed by atoms with Gasteiger partial charge in [0.2, 0.25) is 11.8 Å². The number of rotatable bonds is 6. The maximum absolute atomic E-state index is 12.4. The number of carbonyl (C=O) groups is 1. The third-order valence-electron chi connectivity index (χ3n) is 4.69. The third kappa shape index (κ3) is 4.92. The molecule has 0 atom stereocenters. The van der Waals surface area contributed by atoms with E-state index in [-0.39, 0.29) is 28.9 Å². The first-order valence-corrected chi connectivity index (χ1v) is 10.1. The zero-order valence-electron chi connectivity index (χ0n) is 17.8. The first-order chi connectivity index (χ1) is 16.0. The Morgan fingerprint density at radius 2 is 1.42 bits per heavy atom. The van der Waals surface area contributed by atoms with Crippen molar-refractivity contribution in [3.8, 4) is 29.2 Å². The minimum Gasteiger partial charge on any atom is -0.457 e. The average Bonchev–Trinajstić information content (AvgIpc) is 2.82. The van der Waals surface area contributed by atoms with Crippen molar-refractivity contribution >= 4 is 23.1 Å². The molecule has 1 heterocycles. The van der Waals surface area contributed by atoms with Gasteiger partial charge in [-0.3, -0.25) is 9.69 Å². The number of amides is 1. The molecule has 4 rings (SSSR count). The second-order valence-electron chi connectivity index (χ2n) is 7.04. The monoisotopic (exact) mass is 436 g/mol. The number of nitrogens with two attached hydrogens (primary N) is 1. The van der Waals surface area contributed by atoms with E-state index in [0.29, 0.717) is 22.9 Å². The quantitative estimate of drug-likeness (QED) is 0.410. The van der Waals surface area contributed by atoms with E-state index in [0.717, 1.165) is 0 Å². The van der Waals surface area contributed by atoms with Gasteiger partial charge in [-0.15, -0.1) is 0 Å². The molecule has 162 valence electrons. The van der Waals surface area contributed by atoms with Crippen LogP contribution in [0.1, 0.15) is 12.5 Å². The van der Waals surface area contributed by atoms with Crippen molar-refractivity contribution in [1.29, 1.82) is 5.26 Å². The van der Waals surface area contributed by atoms with Crippen LogP contribution in [0.2, 0.25) is 0 Å². The van der Waals surface area contributed by atoms with Gasteiger partial charge < -0.3 is 15.2 Å². The summed E-state index contributed by atoms with van der Waals surface area (Å²) in [6.45, 7) is 1.43. The predicted molar refractivity (Wildman–Crippen MR) is 126 cm³/mol. The molecular weight excluding hydrogens is 416 g/mol. The lowest BCUT2D eigenvalue weighted by atomic mass is 10.2. The van der Waals surface area contributed by atoms with Crippen LogP contribution in [0.3, 0.4) is 0 Å². The van der Waals surface area contributed by atoms with E-state index >= 15 is 0 Å². The van der Waals surface area contributed by atoms with E-state index in [4.69, 9.17) is 15.2 Å². The summed E-state index contributed by atoms with van der Waals surface area (Å²) in [6, 6.07) is 28.8. The highest BCUT2D eigenvalue weighted by molar-refractivity contribution is 5.98. The topological polar surface area (TPSA) is 101 Å². The molecule has 0 aliphatic heterocycles. The third-order valence-corrected chi connectivity index (χ3v) is 4.69. The lowest BCUT2D eigenvalue weighted by molar-refractivity contribution is -0.115. The molecule has 0 saturated carbocycles. The Labute approximate surface area is 191 Å². The molecule has 0 aliphatic carbocycles. The Bertz CT molecular complexity index is 1300. The molecule has 7 heteroatoms. The normalized spacial score (nSPS) is 10.2. The number of aromatic nitrogens is 1. The summed E-state index contributed by atoms with van der Waals surface area (Å²) < 4.78 is 11.7.